The van der Waals surface area contributed by atoms with Gasteiger partial charge in [-0.3, -0.25) is 9.13 Å². The number of nitrogens with zero attached hydrogens (tertiary/aromatic N) is 4. The third kappa shape index (κ3) is 3.19. The van der Waals surface area contributed by atoms with E-state index in [2.05, 4.69) is 9.97 Å². The number of carbonyl (C=O) groups is 1. The third-order valence-electron chi connectivity index (χ3n) is 5.04. The zero-order chi connectivity index (χ0) is 21.4. The second-order valence-electron chi connectivity index (χ2n) is 6.76. The molecular formula is C22H20N4O3S. The molecule has 0 aliphatic heterocycles. The lowest BCUT2D eigenvalue weighted by molar-refractivity contribution is 0.0597. The number of ether oxygens (including phenoxy) is 1. The Labute approximate surface area is 177 Å². The van der Waals surface area contributed by atoms with E-state index in [4.69, 9.17) is 4.74 Å². The van der Waals surface area contributed by atoms with Gasteiger partial charge in [0.05, 0.1) is 24.6 Å². The first-order chi connectivity index (χ1) is 14.5. The van der Waals surface area contributed by atoms with Crippen LogP contribution < -0.4 is 5.69 Å². The Morgan fingerprint density at radius 2 is 1.73 bits per heavy atom. The quantitative estimate of drug-likeness (QED) is 0.371. The molecule has 8 heteroatoms. The molecule has 2 aromatic heterocycles. The maximum absolute atomic E-state index is 12.7. The van der Waals surface area contributed by atoms with Crippen LogP contribution in [0.1, 0.15) is 10.4 Å². The maximum atomic E-state index is 12.7. The van der Waals surface area contributed by atoms with Gasteiger partial charge >= 0.3 is 11.7 Å². The van der Waals surface area contributed by atoms with Gasteiger partial charge in [0.2, 0.25) is 0 Å². The number of benzene rings is 2. The van der Waals surface area contributed by atoms with Crippen LogP contribution >= 0.6 is 11.8 Å². The lowest BCUT2D eigenvalue weighted by Gasteiger charge is -2.15. The van der Waals surface area contributed by atoms with Gasteiger partial charge in [0.15, 0.2) is 11.3 Å². The fraction of sp³-hybridized carbons (Fsp3) is 0.182. The van der Waals surface area contributed by atoms with Crippen LogP contribution in [0.15, 0.2) is 58.4 Å². The van der Waals surface area contributed by atoms with Gasteiger partial charge in [-0.05, 0) is 29.5 Å². The van der Waals surface area contributed by atoms with Crippen molar-refractivity contribution in [1.29, 1.82) is 0 Å². The van der Waals surface area contributed by atoms with Crippen molar-refractivity contribution >= 4 is 29.0 Å². The molecule has 2 aromatic carbocycles. The molecule has 30 heavy (non-hydrogen) atoms. The van der Waals surface area contributed by atoms with E-state index in [0.29, 0.717) is 28.1 Å². The number of rotatable bonds is 4. The second kappa shape index (κ2) is 7.79. The topological polar surface area (TPSA) is 79.0 Å². The number of esters is 1. The molecule has 0 aliphatic carbocycles. The molecule has 0 radical (unpaired) electrons. The van der Waals surface area contributed by atoms with E-state index in [-0.39, 0.29) is 5.69 Å². The van der Waals surface area contributed by atoms with Crippen LogP contribution in [0.4, 0.5) is 0 Å². The van der Waals surface area contributed by atoms with Crippen LogP contribution in [0.25, 0.3) is 33.7 Å². The number of imidazole rings is 1. The van der Waals surface area contributed by atoms with Crippen LogP contribution in [0, 0.1) is 0 Å². The summed E-state index contributed by atoms with van der Waals surface area (Å²) in [5.41, 5.74) is 4.23. The molecule has 152 valence electrons. The van der Waals surface area contributed by atoms with Crippen molar-refractivity contribution in [3.63, 3.8) is 0 Å². The van der Waals surface area contributed by atoms with Gasteiger partial charge in [0, 0.05) is 24.6 Å². The minimum Gasteiger partial charge on any atom is -0.465 e. The van der Waals surface area contributed by atoms with Crippen molar-refractivity contribution in [2.75, 3.05) is 13.4 Å². The molecule has 0 unspecified atom stereocenters. The number of thioether (sulfide) groups is 1. The van der Waals surface area contributed by atoms with Crippen LogP contribution in [0.3, 0.4) is 0 Å². The van der Waals surface area contributed by atoms with E-state index in [0.717, 1.165) is 16.0 Å². The van der Waals surface area contributed by atoms with Gasteiger partial charge in [-0.15, -0.1) is 11.8 Å². The van der Waals surface area contributed by atoms with E-state index in [9.17, 15) is 9.59 Å². The zero-order valence-corrected chi connectivity index (χ0v) is 17.9. The van der Waals surface area contributed by atoms with Gasteiger partial charge in [-0.25, -0.2) is 19.6 Å². The van der Waals surface area contributed by atoms with Crippen LogP contribution in [-0.4, -0.2) is 38.4 Å². The molecule has 7 nitrogen and oxygen atoms in total. The highest BCUT2D eigenvalue weighted by atomic mass is 32.2. The Bertz CT molecular complexity index is 1330. The second-order valence-corrected chi connectivity index (χ2v) is 7.61. The number of aromatic nitrogens is 4. The maximum Gasteiger partial charge on any atom is 0.339 e. The highest BCUT2D eigenvalue weighted by Gasteiger charge is 2.22. The van der Waals surface area contributed by atoms with E-state index >= 15 is 0 Å². The van der Waals surface area contributed by atoms with E-state index in [1.54, 1.807) is 20.3 Å². The molecule has 0 aliphatic rings. The molecule has 0 saturated heterocycles. The first-order valence-corrected chi connectivity index (χ1v) is 10.4. The van der Waals surface area contributed by atoms with Gasteiger partial charge in [0.25, 0.3) is 0 Å². The summed E-state index contributed by atoms with van der Waals surface area (Å²) in [5, 5.41) is 0. The third-order valence-corrected chi connectivity index (χ3v) is 5.80. The molecule has 2 heterocycles. The highest BCUT2D eigenvalue weighted by Crippen LogP contribution is 2.36. The number of carbonyl (C=O) groups excluding carboxylic acids is 1. The lowest BCUT2D eigenvalue weighted by Crippen LogP contribution is -2.19. The van der Waals surface area contributed by atoms with E-state index < -0.39 is 5.97 Å². The lowest BCUT2D eigenvalue weighted by atomic mass is 9.97. The van der Waals surface area contributed by atoms with E-state index in [1.165, 1.54) is 28.0 Å². The summed E-state index contributed by atoms with van der Waals surface area (Å²) in [6.45, 7) is 0. The van der Waals surface area contributed by atoms with Crippen LogP contribution in [0.5, 0.6) is 0 Å². The molecule has 4 rings (SSSR count). The largest absolute Gasteiger partial charge is 0.465 e. The predicted octanol–water partition coefficient (Wildman–Crippen LogP) is 3.51. The Kier molecular flexibility index (Phi) is 5.17. The molecule has 0 atom stereocenters. The number of fused-ring (bicyclic) bond motifs is 1. The molecule has 4 aromatic rings. The summed E-state index contributed by atoms with van der Waals surface area (Å²) in [6, 6.07) is 13.8. The van der Waals surface area contributed by atoms with Gasteiger partial charge in [0.1, 0.15) is 0 Å². The fourth-order valence-corrected chi connectivity index (χ4v) is 4.10. The summed E-state index contributed by atoms with van der Waals surface area (Å²) in [5.74, 6) is -0.446. The van der Waals surface area contributed by atoms with Crippen molar-refractivity contribution in [3.05, 3.63) is 64.7 Å². The number of hydrogen-bond donors (Lipinski definition) is 0. The van der Waals surface area contributed by atoms with Gasteiger partial charge in [-0.1, -0.05) is 30.3 Å². The molecule has 0 amide bonds. The smallest absolute Gasteiger partial charge is 0.339 e. The molecule has 0 spiro atoms. The molecule has 0 saturated carbocycles. The summed E-state index contributed by atoms with van der Waals surface area (Å²) in [6.07, 6.45) is 3.50. The first-order valence-electron chi connectivity index (χ1n) is 9.20. The first kappa shape index (κ1) is 19.9. The van der Waals surface area contributed by atoms with Crippen LogP contribution in [0.2, 0.25) is 0 Å². The van der Waals surface area contributed by atoms with Crippen molar-refractivity contribution in [1.82, 2.24) is 19.1 Å². The predicted molar refractivity (Wildman–Crippen MR) is 118 cm³/mol. The Hall–Kier alpha value is -3.39. The SMILES string of the molecule is COC(=O)c1c(SC)cc(-c2ccccc2)cc1-c1cnc2c(n1)n(C)c(=O)n2C. The molecular weight excluding hydrogens is 400 g/mol. The number of methoxy groups -OCH3 is 1. The minimum atomic E-state index is -0.446. The summed E-state index contributed by atoms with van der Waals surface area (Å²) < 4.78 is 7.95. The monoisotopic (exact) mass is 420 g/mol. The van der Waals surface area contributed by atoms with E-state index in [1.807, 2.05) is 48.7 Å². The minimum absolute atomic E-state index is 0.210. The Morgan fingerprint density at radius 3 is 2.40 bits per heavy atom. The zero-order valence-electron chi connectivity index (χ0n) is 17.0. The standard InChI is InChI=1S/C22H20N4O3S/c1-25-19-20(26(2)22(25)28)24-16(12-23-19)15-10-14(13-8-6-5-7-9-13)11-17(30-4)18(15)21(27)29-3/h5-12H,1-4H3. The Morgan fingerprint density at radius 1 is 1.03 bits per heavy atom. The number of aryl methyl sites for hydroxylation is 2. The Balaban J connectivity index is 2.04. The average molecular weight is 420 g/mol. The fourth-order valence-electron chi connectivity index (χ4n) is 3.46. The van der Waals surface area contributed by atoms with Gasteiger partial charge in [-0.2, -0.15) is 0 Å². The average Bonchev–Trinajstić information content (AvgIpc) is 3.01. The number of hydrogen-bond acceptors (Lipinski definition) is 6. The highest BCUT2D eigenvalue weighted by molar-refractivity contribution is 7.98. The van der Waals surface area contributed by atoms with Crippen molar-refractivity contribution in [2.24, 2.45) is 14.1 Å². The normalized spacial score (nSPS) is 11.1. The van der Waals surface area contributed by atoms with Crippen molar-refractivity contribution < 1.29 is 9.53 Å². The molecule has 0 bridgehead atoms. The van der Waals surface area contributed by atoms with Crippen molar-refractivity contribution in [3.8, 4) is 22.4 Å². The summed E-state index contributed by atoms with van der Waals surface area (Å²) >= 11 is 1.46. The summed E-state index contributed by atoms with van der Waals surface area (Å²) in [7, 11) is 4.66. The van der Waals surface area contributed by atoms with Crippen molar-refractivity contribution in [2.45, 2.75) is 4.90 Å². The van der Waals surface area contributed by atoms with Crippen LogP contribution in [-0.2, 0) is 18.8 Å². The molecule has 0 fully saturated rings. The summed E-state index contributed by atoms with van der Waals surface area (Å²) in [4.78, 5) is 34.8. The molecule has 0 N–H and O–H groups in total. The van der Waals surface area contributed by atoms with Gasteiger partial charge < -0.3 is 4.74 Å².